The third kappa shape index (κ3) is 1.28. The van der Waals surface area contributed by atoms with Gasteiger partial charge in [0.15, 0.2) is 0 Å². The third-order valence-electron chi connectivity index (χ3n) is 3.06. The third-order valence-corrected chi connectivity index (χ3v) is 3.06. The highest BCUT2D eigenvalue weighted by molar-refractivity contribution is 5.91. The average molecular weight is 202 g/mol. The topological polar surface area (TPSA) is 44.8 Å². The summed E-state index contributed by atoms with van der Waals surface area (Å²) < 4.78 is 0. The summed E-state index contributed by atoms with van der Waals surface area (Å²) in [5.41, 5.74) is 2.10. The van der Waals surface area contributed by atoms with Crippen molar-refractivity contribution >= 4 is 16.7 Å². The highest BCUT2D eigenvalue weighted by Crippen LogP contribution is 2.33. The Morgan fingerprint density at radius 3 is 3.00 bits per heavy atom. The van der Waals surface area contributed by atoms with Gasteiger partial charge in [0.05, 0.1) is 10.9 Å². The lowest BCUT2D eigenvalue weighted by molar-refractivity contribution is 0.898. The molecule has 0 bridgehead atoms. The van der Waals surface area contributed by atoms with Gasteiger partial charge in [-0.1, -0.05) is 0 Å². The van der Waals surface area contributed by atoms with Crippen molar-refractivity contribution in [2.75, 3.05) is 11.9 Å². The number of fused-ring (bicyclic) bond motifs is 1. The highest BCUT2D eigenvalue weighted by atomic mass is 15.2. The first-order valence-corrected chi connectivity index (χ1v) is 5.30. The zero-order chi connectivity index (χ0) is 10.4. The standard InChI is InChI=1S/C11H14N4/c1-7-10-9(14-13-7)5-6-12-11(10)15(2)8-3-4-8/h5-6,8H,3-4H2,1-2H3,(H,13,14). The summed E-state index contributed by atoms with van der Waals surface area (Å²) in [5.74, 6) is 1.06. The molecule has 15 heavy (non-hydrogen) atoms. The maximum absolute atomic E-state index is 4.47. The second-order valence-corrected chi connectivity index (χ2v) is 4.22. The van der Waals surface area contributed by atoms with Crippen LogP contribution in [-0.2, 0) is 0 Å². The Labute approximate surface area is 88.3 Å². The zero-order valence-electron chi connectivity index (χ0n) is 8.99. The number of anilines is 1. The van der Waals surface area contributed by atoms with Gasteiger partial charge in [-0.25, -0.2) is 4.98 Å². The first-order chi connectivity index (χ1) is 7.27. The number of aromatic nitrogens is 3. The van der Waals surface area contributed by atoms with E-state index in [1.165, 1.54) is 12.8 Å². The monoisotopic (exact) mass is 202 g/mol. The van der Waals surface area contributed by atoms with Gasteiger partial charge in [0, 0.05) is 25.0 Å². The van der Waals surface area contributed by atoms with Crippen LogP contribution in [0.3, 0.4) is 0 Å². The predicted octanol–water partition coefficient (Wildman–Crippen LogP) is 1.86. The molecule has 0 radical (unpaired) electrons. The fraction of sp³-hybridized carbons (Fsp3) is 0.455. The van der Waals surface area contributed by atoms with E-state index in [0.29, 0.717) is 6.04 Å². The number of hydrogen-bond acceptors (Lipinski definition) is 3. The van der Waals surface area contributed by atoms with Gasteiger partial charge in [-0.3, -0.25) is 5.10 Å². The minimum Gasteiger partial charge on any atom is -0.356 e. The van der Waals surface area contributed by atoms with E-state index in [-0.39, 0.29) is 0 Å². The van der Waals surface area contributed by atoms with E-state index < -0.39 is 0 Å². The fourth-order valence-electron chi connectivity index (χ4n) is 2.00. The Morgan fingerprint density at radius 1 is 1.47 bits per heavy atom. The Bertz CT molecular complexity index is 498. The van der Waals surface area contributed by atoms with Crippen LogP contribution in [0.15, 0.2) is 12.3 Å². The summed E-state index contributed by atoms with van der Waals surface area (Å²) in [6.45, 7) is 2.04. The Balaban J connectivity index is 2.19. The average Bonchev–Trinajstić information content (AvgIpc) is 3.03. The van der Waals surface area contributed by atoms with Gasteiger partial charge in [-0.05, 0) is 25.8 Å². The first-order valence-electron chi connectivity index (χ1n) is 5.30. The molecule has 0 saturated heterocycles. The molecule has 0 amide bonds. The minimum absolute atomic E-state index is 0.678. The molecule has 3 rings (SSSR count). The fourth-order valence-corrected chi connectivity index (χ4v) is 2.00. The van der Waals surface area contributed by atoms with Crippen molar-refractivity contribution in [1.29, 1.82) is 0 Å². The normalized spacial score (nSPS) is 15.9. The van der Waals surface area contributed by atoms with Crippen LogP contribution < -0.4 is 4.90 Å². The van der Waals surface area contributed by atoms with Gasteiger partial charge in [-0.2, -0.15) is 5.10 Å². The molecule has 1 aliphatic carbocycles. The number of pyridine rings is 1. The van der Waals surface area contributed by atoms with Gasteiger partial charge in [-0.15, -0.1) is 0 Å². The summed E-state index contributed by atoms with van der Waals surface area (Å²) in [6, 6.07) is 2.63. The summed E-state index contributed by atoms with van der Waals surface area (Å²) in [6.07, 6.45) is 4.40. The highest BCUT2D eigenvalue weighted by Gasteiger charge is 2.28. The molecule has 4 heteroatoms. The van der Waals surface area contributed by atoms with E-state index in [9.17, 15) is 0 Å². The molecule has 2 aromatic rings. The van der Waals surface area contributed by atoms with E-state index >= 15 is 0 Å². The lowest BCUT2D eigenvalue weighted by Gasteiger charge is -2.18. The SMILES string of the molecule is Cc1[nH]nc2ccnc(N(C)C3CC3)c12. The lowest BCUT2D eigenvalue weighted by Crippen LogP contribution is -2.20. The molecule has 0 spiro atoms. The largest absolute Gasteiger partial charge is 0.356 e. The molecule has 1 saturated carbocycles. The van der Waals surface area contributed by atoms with Crippen molar-refractivity contribution in [3.8, 4) is 0 Å². The van der Waals surface area contributed by atoms with Gasteiger partial charge in [0.1, 0.15) is 5.82 Å². The van der Waals surface area contributed by atoms with Crippen LogP contribution >= 0.6 is 0 Å². The molecular formula is C11H14N4. The molecule has 2 heterocycles. The number of aryl methyl sites for hydroxylation is 1. The van der Waals surface area contributed by atoms with Gasteiger partial charge >= 0.3 is 0 Å². The van der Waals surface area contributed by atoms with Crippen molar-refractivity contribution in [2.45, 2.75) is 25.8 Å². The summed E-state index contributed by atoms with van der Waals surface area (Å²) in [4.78, 5) is 6.74. The van der Waals surface area contributed by atoms with Gasteiger partial charge in [0.2, 0.25) is 0 Å². The van der Waals surface area contributed by atoms with Crippen LogP contribution in [0.4, 0.5) is 5.82 Å². The number of H-pyrrole nitrogens is 1. The molecule has 0 atom stereocenters. The molecule has 1 aliphatic rings. The summed E-state index contributed by atoms with van der Waals surface area (Å²) >= 11 is 0. The smallest absolute Gasteiger partial charge is 0.139 e. The minimum atomic E-state index is 0.678. The van der Waals surface area contributed by atoms with E-state index in [2.05, 4.69) is 27.1 Å². The van der Waals surface area contributed by atoms with E-state index in [0.717, 1.165) is 22.4 Å². The molecule has 1 N–H and O–H groups in total. The second kappa shape index (κ2) is 2.95. The molecule has 0 unspecified atom stereocenters. The molecule has 1 fully saturated rings. The van der Waals surface area contributed by atoms with Crippen molar-refractivity contribution in [1.82, 2.24) is 15.2 Å². The summed E-state index contributed by atoms with van der Waals surface area (Å²) in [7, 11) is 2.12. The first kappa shape index (κ1) is 8.71. The number of nitrogens with zero attached hydrogens (tertiary/aromatic N) is 3. The Hall–Kier alpha value is -1.58. The maximum Gasteiger partial charge on any atom is 0.139 e. The van der Waals surface area contributed by atoms with E-state index in [1.807, 2.05) is 19.2 Å². The van der Waals surface area contributed by atoms with Crippen LogP contribution in [-0.4, -0.2) is 28.3 Å². The van der Waals surface area contributed by atoms with Crippen molar-refractivity contribution in [3.63, 3.8) is 0 Å². The molecular weight excluding hydrogens is 188 g/mol. The second-order valence-electron chi connectivity index (χ2n) is 4.22. The van der Waals surface area contributed by atoms with Gasteiger partial charge in [0.25, 0.3) is 0 Å². The number of rotatable bonds is 2. The molecule has 0 aromatic carbocycles. The van der Waals surface area contributed by atoms with Crippen molar-refractivity contribution < 1.29 is 0 Å². The Kier molecular flexibility index (Phi) is 1.71. The van der Waals surface area contributed by atoms with Crippen LogP contribution in [0.25, 0.3) is 10.9 Å². The van der Waals surface area contributed by atoms with Crippen LogP contribution in [0.5, 0.6) is 0 Å². The van der Waals surface area contributed by atoms with Crippen molar-refractivity contribution in [2.24, 2.45) is 0 Å². The Morgan fingerprint density at radius 2 is 2.27 bits per heavy atom. The molecule has 2 aromatic heterocycles. The maximum atomic E-state index is 4.47. The summed E-state index contributed by atoms with van der Waals surface area (Å²) in [5, 5.41) is 8.42. The quantitative estimate of drug-likeness (QED) is 0.808. The number of nitrogens with one attached hydrogen (secondary N) is 1. The van der Waals surface area contributed by atoms with Gasteiger partial charge < -0.3 is 4.90 Å². The molecule has 0 aliphatic heterocycles. The van der Waals surface area contributed by atoms with Crippen LogP contribution in [0.2, 0.25) is 0 Å². The molecule has 78 valence electrons. The number of aromatic amines is 1. The lowest BCUT2D eigenvalue weighted by atomic mass is 10.2. The molecule has 4 nitrogen and oxygen atoms in total. The van der Waals surface area contributed by atoms with Crippen LogP contribution in [0.1, 0.15) is 18.5 Å². The zero-order valence-corrected chi connectivity index (χ0v) is 8.99. The predicted molar refractivity (Wildman–Crippen MR) is 60.1 cm³/mol. The van der Waals surface area contributed by atoms with E-state index in [1.54, 1.807) is 0 Å². The van der Waals surface area contributed by atoms with Crippen LogP contribution in [0, 0.1) is 6.92 Å². The van der Waals surface area contributed by atoms with Crippen molar-refractivity contribution in [3.05, 3.63) is 18.0 Å². The number of hydrogen-bond donors (Lipinski definition) is 1. The van der Waals surface area contributed by atoms with E-state index in [4.69, 9.17) is 0 Å².